The van der Waals surface area contributed by atoms with Crippen LogP contribution in [-0.4, -0.2) is 38.1 Å². The maximum atomic E-state index is 3.44. The molecule has 0 saturated carbocycles. The van der Waals surface area contributed by atoms with Crippen molar-refractivity contribution in [3.8, 4) is 0 Å². The van der Waals surface area contributed by atoms with Crippen LogP contribution in [0.15, 0.2) is 0 Å². The molecule has 1 heterocycles. The third-order valence-corrected chi connectivity index (χ3v) is 2.83. The Balaban J connectivity index is 2.32. The van der Waals surface area contributed by atoms with E-state index in [1.807, 2.05) is 0 Å². The number of rotatable bonds is 2. The van der Waals surface area contributed by atoms with Gasteiger partial charge in [-0.2, -0.15) is 0 Å². The van der Waals surface area contributed by atoms with Crippen molar-refractivity contribution in [2.24, 2.45) is 5.92 Å². The third-order valence-electron chi connectivity index (χ3n) is 2.83. The molecule has 2 atom stereocenters. The van der Waals surface area contributed by atoms with Gasteiger partial charge in [-0.25, -0.2) is 0 Å². The first-order valence-electron chi connectivity index (χ1n) is 4.59. The number of nitrogens with zero attached hydrogens (tertiary/aromatic N) is 1. The fourth-order valence-electron chi connectivity index (χ4n) is 1.71. The molecule has 11 heavy (non-hydrogen) atoms. The lowest BCUT2D eigenvalue weighted by molar-refractivity contribution is 0.195. The van der Waals surface area contributed by atoms with Crippen LogP contribution < -0.4 is 5.32 Å². The molecule has 1 fully saturated rings. The molecule has 2 heteroatoms. The fraction of sp³-hybridized carbons (Fsp3) is 1.00. The molecule has 0 aromatic carbocycles. The summed E-state index contributed by atoms with van der Waals surface area (Å²) in [5, 5.41) is 3.44. The van der Waals surface area contributed by atoms with Crippen molar-refractivity contribution in [2.75, 3.05) is 27.2 Å². The average Bonchev–Trinajstić information content (AvgIpc) is 2.05. The second-order valence-corrected chi connectivity index (χ2v) is 3.81. The van der Waals surface area contributed by atoms with Gasteiger partial charge in [-0.3, -0.25) is 0 Å². The summed E-state index contributed by atoms with van der Waals surface area (Å²) in [5.41, 5.74) is 0. The van der Waals surface area contributed by atoms with Crippen LogP contribution in [0.4, 0.5) is 0 Å². The van der Waals surface area contributed by atoms with E-state index >= 15 is 0 Å². The highest BCUT2D eigenvalue weighted by molar-refractivity contribution is 4.77. The highest BCUT2D eigenvalue weighted by atomic mass is 15.1. The molecule has 0 aromatic rings. The summed E-state index contributed by atoms with van der Waals surface area (Å²) in [6.07, 6.45) is 2.75. The zero-order valence-electron chi connectivity index (χ0n) is 7.93. The van der Waals surface area contributed by atoms with Gasteiger partial charge in [0.2, 0.25) is 0 Å². The molecule has 0 aromatic heterocycles. The Morgan fingerprint density at radius 1 is 1.45 bits per heavy atom. The Labute approximate surface area is 70.0 Å². The van der Waals surface area contributed by atoms with E-state index in [9.17, 15) is 0 Å². The molecule has 0 spiro atoms. The summed E-state index contributed by atoms with van der Waals surface area (Å²) in [6, 6.07) is 0.725. The summed E-state index contributed by atoms with van der Waals surface area (Å²) in [4.78, 5) is 2.32. The lowest BCUT2D eigenvalue weighted by Gasteiger charge is -2.32. The molecule has 1 rings (SSSR count). The van der Waals surface area contributed by atoms with Gasteiger partial charge in [0.05, 0.1) is 0 Å². The van der Waals surface area contributed by atoms with E-state index in [-0.39, 0.29) is 0 Å². The van der Waals surface area contributed by atoms with Crippen LogP contribution in [0.1, 0.15) is 19.8 Å². The summed E-state index contributed by atoms with van der Waals surface area (Å²) in [7, 11) is 4.33. The van der Waals surface area contributed by atoms with Crippen LogP contribution in [0, 0.1) is 5.92 Å². The highest BCUT2D eigenvalue weighted by Gasteiger charge is 2.20. The largest absolute Gasteiger partial charge is 0.316 e. The SMILES string of the molecule is CC(C1CCCNC1)N(C)C. The zero-order valence-corrected chi connectivity index (χ0v) is 7.93. The molecule has 1 aliphatic rings. The third kappa shape index (κ3) is 2.46. The topological polar surface area (TPSA) is 15.3 Å². The molecule has 66 valence electrons. The van der Waals surface area contributed by atoms with Gasteiger partial charge in [0.1, 0.15) is 0 Å². The van der Waals surface area contributed by atoms with Crippen LogP contribution in [-0.2, 0) is 0 Å². The molecule has 0 bridgehead atoms. The number of hydrogen-bond donors (Lipinski definition) is 1. The Bertz CT molecular complexity index is 106. The minimum atomic E-state index is 0.725. The van der Waals surface area contributed by atoms with Crippen molar-refractivity contribution in [1.29, 1.82) is 0 Å². The van der Waals surface area contributed by atoms with Crippen molar-refractivity contribution in [2.45, 2.75) is 25.8 Å². The first-order chi connectivity index (χ1) is 5.22. The standard InChI is InChI=1S/C9H20N2/c1-8(11(2)3)9-5-4-6-10-7-9/h8-10H,4-7H2,1-3H3. The van der Waals surface area contributed by atoms with Gasteiger partial charge < -0.3 is 10.2 Å². The number of piperidine rings is 1. The van der Waals surface area contributed by atoms with Crippen molar-refractivity contribution in [3.63, 3.8) is 0 Å². The number of nitrogens with one attached hydrogen (secondary N) is 1. The fourth-order valence-corrected chi connectivity index (χ4v) is 1.71. The van der Waals surface area contributed by atoms with Crippen LogP contribution in [0.5, 0.6) is 0 Å². The Kier molecular flexibility index (Phi) is 3.34. The summed E-state index contributed by atoms with van der Waals surface area (Å²) in [5.74, 6) is 0.860. The molecular weight excluding hydrogens is 136 g/mol. The number of hydrogen-bond acceptors (Lipinski definition) is 2. The predicted molar refractivity (Wildman–Crippen MR) is 48.7 cm³/mol. The van der Waals surface area contributed by atoms with E-state index in [0.717, 1.165) is 12.0 Å². The minimum absolute atomic E-state index is 0.725. The van der Waals surface area contributed by atoms with Gasteiger partial charge in [-0.1, -0.05) is 0 Å². The van der Waals surface area contributed by atoms with E-state index in [1.54, 1.807) is 0 Å². The smallest absolute Gasteiger partial charge is 0.0101 e. The molecule has 1 N–H and O–H groups in total. The molecule has 0 amide bonds. The van der Waals surface area contributed by atoms with Crippen molar-refractivity contribution >= 4 is 0 Å². The van der Waals surface area contributed by atoms with E-state index < -0.39 is 0 Å². The van der Waals surface area contributed by atoms with E-state index in [4.69, 9.17) is 0 Å². The minimum Gasteiger partial charge on any atom is -0.316 e. The quantitative estimate of drug-likeness (QED) is 0.640. The maximum Gasteiger partial charge on any atom is 0.0101 e. The highest BCUT2D eigenvalue weighted by Crippen LogP contribution is 2.16. The van der Waals surface area contributed by atoms with E-state index in [1.165, 1.54) is 25.9 Å². The van der Waals surface area contributed by atoms with Crippen molar-refractivity contribution in [1.82, 2.24) is 10.2 Å². The lowest BCUT2D eigenvalue weighted by Crippen LogP contribution is -2.41. The first-order valence-corrected chi connectivity index (χ1v) is 4.59. The summed E-state index contributed by atoms with van der Waals surface area (Å²) < 4.78 is 0. The molecule has 0 aliphatic carbocycles. The van der Waals surface area contributed by atoms with Crippen LogP contribution in [0.3, 0.4) is 0 Å². The van der Waals surface area contributed by atoms with Gasteiger partial charge in [-0.15, -0.1) is 0 Å². The van der Waals surface area contributed by atoms with Crippen LogP contribution in [0.2, 0.25) is 0 Å². The molecule has 1 aliphatic heterocycles. The monoisotopic (exact) mass is 156 g/mol. The van der Waals surface area contributed by atoms with Gasteiger partial charge in [0, 0.05) is 6.04 Å². The summed E-state index contributed by atoms with van der Waals surface area (Å²) >= 11 is 0. The summed E-state index contributed by atoms with van der Waals surface area (Å²) in [6.45, 7) is 4.74. The molecular formula is C9H20N2. The van der Waals surface area contributed by atoms with Crippen molar-refractivity contribution in [3.05, 3.63) is 0 Å². The van der Waals surface area contributed by atoms with E-state index in [0.29, 0.717) is 0 Å². The Morgan fingerprint density at radius 3 is 2.64 bits per heavy atom. The zero-order chi connectivity index (χ0) is 8.27. The molecule has 2 nitrogen and oxygen atoms in total. The Morgan fingerprint density at radius 2 is 2.18 bits per heavy atom. The van der Waals surface area contributed by atoms with Crippen LogP contribution >= 0.6 is 0 Å². The Hall–Kier alpha value is -0.0800. The average molecular weight is 156 g/mol. The van der Waals surface area contributed by atoms with Gasteiger partial charge in [0.15, 0.2) is 0 Å². The second kappa shape index (κ2) is 4.07. The maximum absolute atomic E-state index is 3.44. The predicted octanol–water partition coefficient (Wildman–Crippen LogP) is 0.936. The molecule has 1 saturated heterocycles. The van der Waals surface area contributed by atoms with Gasteiger partial charge >= 0.3 is 0 Å². The first kappa shape index (κ1) is 9.01. The lowest BCUT2D eigenvalue weighted by atomic mass is 9.92. The second-order valence-electron chi connectivity index (χ2n) is 3.81. The van der Waals surface area contributed by atoms with E-state index in [2.05, 4.69) is 31.2 Å². The molecule has 2 unspecified atom stereocenters. The molecule has 0 radical (unpaired) electrons. The van der Waals surface area contributed by atoms with Crippen molar-refractivity contribution < 1.29 is 0 Å². The van der Waals surface area contributed by atoms with Crippen LogP contribution in [0.25, 0.3) is 0 Å². The normalized spacial score (nSPS) is 28.9. The van der Waals surface area contributed by atoms with Gasteiger partial charge in [0.25, 0.3) is 0 Å². The van der Waals surface area contributed by atoms with Gasteiger partial charge in [-0.05, 0) is 52.9 Å².